The van der Waals surface area contributed by atoms with Crippen LogP contribution in [0.15, 0.2) is 17.6 Å². The molecule has 0 atom stereocenters. The number of hydrogen-bond acceptors (Lipinski definition) is 2. The Balaban J connectivity index is 2.35. The van der Waals surface area contributed by atoms with E-state index in [0.717, 1.165) is 25.7 Å². The van der Waals surface area contributed by atoms with E-state index in [-0.39, 0.29) is 6.04 Å². The zero-order chi connectivity index (χ0) is 8.10. The molecule has 0 heterocycles. The van der Waals surface area contributed by atoms with Gasteiger partial charge in [0.25, 0.3) is 0 Å². The topological polar surface area (TPSA) is 29.4 Å². The number of isocyanates is 1. The molecule has 1 rings (SSSR count). The van der Waals surface area contributed by atoms with Crippen LogP contribution in [0.2, 0.25) is 0 Å². The van der Waals surface area contributed by atoms with Gasteiger partial charge in [-0.3, -0.25) is 0 Å². The van der Waals surface area contributed by atoms with Crippen LogP contribution in [-0.2, 0) is 4.79 Å². The summed E-state index contributed by atoms with van der Waals surface area (Å²) in [4.78, 5) is 13.6. The summed E-state index contributed by atoms with van der Waals surface area (Å²) in [5.74, 6) is 0.646. The van der Waals surface area contributed by atoms with Crippen LogP contribution in [0.4, 0.5) is 0 Å². The fourth-order valence-corrected chi connectivity index (χ4v) is 1.54. The molecule has 0 unspecified atom stereocenters. The van der Waals surface area contributed by atoms with E-state index in [1.807, 2.05) is 6.08 Å². The van der Waals surface area contributed by atoms with E-state index in [4.69, 9.17) is 0 Å². The monoisotopic (exact) mass is 151 g/mol. The number of hydrogen-bond donors (Lipinski definition) is 0. The van der Waals surface area contributed by atoms with Crippen molar-refractivity contribution in [3.63, 3.8) is 0 Å². The summed E-state index contributed by atoms with van der Waals surface area (Å²) in [5, 5.41) is 0. The van der Waals surface area contributed by atoms with Gasteiger partial charge in [0.2, 0.25) is 6.08 Å². The van der Waals surface area contributed by atoms with Crippen molar-refractivity contribution in [2.45, 2.75) is 31.7 Å². The average molecular weight is 151 g/mol. The molecular formula is C9H13NO. The first-order chi connectivity index (χ1) is 5.36. The van der Waals surface area contributed by atoms with Gasteiger partial charge in [0.05, 0.1) is 6.04 Å². The number of aliphatic imine (C=N–C) groups is 1. The Morgan fingerprint density at radius 2 is 2.00 bits per heavy atom. The van der Waals surface area contributed by atoms with Crippen molar-refractivity contribution in [1.82, 2.24) is 0 Å². The lowest BCUT2D eigenvalue weighted by molar-refractivity contribution is 0.376. The normalized spacial score (nSPS) is 30.5. The predicted molar refractivity (Wildman–Crippen MR) is 44.1 cm³/mol. The van der Waals surface area contributed by atoms with Crippen LogP contribution in [0.25, 0.3) is 0 Å². The minimum Gasteiger partial charge on any atom is -0.211 e. The van der Waals surface area contributed by atoms with Gasteiger partial charge >= 0.3 is 0 Å². The molecule has 0 aromatic rings. The number of allylic oxidation sites excluding steroid dienone is 1. The highest BCUT2D eigenvalue weighted by atomic mass is 16.1. The highest BCUT2D eigenvalue weighted by Crippen LogP contribution is 2.26. The maximum Gasteiger partial charge on any atom is 0.235 e. The lowest BCUT2D eigenvalue weighted by atomic mass is 9.86. The number of nitrogens with zero attached hydrogens (tertiary/aromatic N) is 1. The Kier molecular flexibility index (Phi) is 3.06. The van der Waals surface area contributed by atoms with Crippen molar-refractivity contribution in [1.29, 1.82) is 0 Å². The standard InChI is InChI=1S/C9H13NO/c1-2-8-3-5-9(6-4-8)10-7-11/h2,8-9H,1,3-6H2. The van der Waals surface area contributed by atoms with E-state index in [9.17, 15) is 4.79 Å². The second-order valence-electron chi connectivity index (χ2n) is 3.02. The van der Waals surface area contributed by atoms with Crippen LogP contribution in [0.1, 0.15) is 25.7 Å². The van der Waals surface area contributed by atoms with E-state index < -0.39 is 0 Å². The van der Waals surface area contributed by atoms with Gasteiger partial charge in [-0.25, -0.2) is 9.79 Å². The van der Waals surface area contributed by atoms with E-state index in [1.165, 1.54) is 0 Å². The molecule has 1 aliphatic rings. The molecule has 1 fully saturated rings. The van der Waals surface area contributed by atoms with Gasteiger partial charge in [0.1, 0.15) is 0 Å². The van der Waals surface area contributed by atoms with Crippen LogP contribution in [-0.4, -0.2) is 12.1 Å². The first kappa shape index (κ1) is 8.22. The van der Waals surface area contributed by atoms with Gasteiger partial charge in [-0.2, -0.15) is 0 Å². The Morgan fingerprint density at radius 1 is 1.36 bits per heavy atom. The van der Waals surface area contributed by atoms with Crippen molar-refractivity contribution in [2.75, 3.05) is 0 Å². The van der Waals surface area contributed by atoms with E-state index >= 15 is 0 Å². The molecule has 2 nitrogen and oxygen atoms in total. The Hall–Kier alpha value is -0.880. The summed E-state index contributed by atoms with van der Waals surface area (Å²) in [6.45, 7) is 3.75. The zero-order valence-corrected chi connectivity index (χ0v) is 6.62. The van der Waals surface area contributed by atoms with Crippen molar-refractivity contribution < 1.29 is 4.79 Å². The van der Waals surface area contributed by atoms with E-state index in [2.05, 4.69) is 11.6 Å². The maximum absolute atomic E-state index is 9.91. The molecule has 0 aliphatic heterocycles. The van der Waals surface area contributed by atoms with Gasteiger partial charge in [0, 0.05) is 0 Å². The smallest absolute Gasteiger partial charge is 0.211 e. The molecule has 0 radical (unpaired) electrons. The molecule has 0 aromatic carbocycles. The molecule has 60 valence electrons. The third-order valence-electron chi connectivity index (χ3n) is 2.31. The molecule has 1 saturated carbocycles. The third kappa shape index (κ3) is 2.32. The van der Waals surface area contributed by atoms with Crippen molar-refractivity contribution in [2.24, 2.45) is 10.9 Å². The minimum absolute atomic E-state index is 0.240. The zero-order valence-electron chi connectivity index (χ0n) is 6.62. The van der Waals surface area contributed by atoms with Crippen LogP contribution >= 0.6 is 0 Å². The molecule has 0 saturated heterocycles. The molecule has 0 bridgehead atoms. The quantitative estimate of drug-likeness (QED) is 0.337. The van der Waals surface area contributed by atoms with Crippen LogP contribution in [0, 0.1) is 5.92 Å². The summed E-state index contributed by atoms with van der Waals surface area (Å²) in [7, 11) is 0. The van der Waals surface area contributed by atoms with Crippen molar-refractivity contribution in [3.8, 4) is 0 Å². The molecule has 0 aromatic heterocycles. The highest BCUT2D eigenvalue weighted by Gasteiger charge is 2.17. The fraction of sp³-hybridized carbons (Fsp3) is 0.667. The summed E-state index contributed by atoms with van der Waals surface area (Å²) < 4.78 is 0. The van der Waals surface area contributed by atoms with Crippen LogP contribution in [0.5, 0.6) is 0 Å². The Bertz CT molecular complexity index is 174. The molecule has 0 N–H and O–H groups in total. The van der Waals surface area contributed by atoms with Gasteiger partial charge in [-0.15, -0.1) is 6.58 Å². The first-order valence-electron chi connectivity index (χ1n) is 4.06. The predicted octanol–water partition coefficient (Wildman–Crippen LogP) is 2.07. The molecule has 11 heavy (non-hydrogen) atoms. The lowest BCUT2D eigenvalue weighted by Crippen LogP contribution is -2.15. The fourth-order valence-electron chi connectivity index (χ4n) is 1.54. The van der Waals surface area contributed by atoms with Gasteiger partial charge in [-0.05, 0) is 31.6 Å². The largest absolute Gasteiger partial charge is 0.235 e. The average Bonchev–Trinajstić information content (AvgIpc) is 2.07. The number of carbonyl (C=O) groups excluding carboxylic acids is 1. The van der Waals surface area contributed by atoms with Crippen LogP contribution in [0.3, 0.4) is 0 Å². The first-order valence-corrected chi connectivity index (χ1v) is 4.06. The van der Waals surface area contributed by atoms with E-state index in [0.29, 0.717) is 5.92 Å². The Morgan fingerprint density at radius 3 is 2.45 bits per heavy atom. The highest BCUT2D eigenvalue weighted by molar-refractivity contribution is 5.33. The van der Waals surface area contributed by atoms with E-state index in [1.54, 1.807) is 6.08 Å². The second kappa shape index (κ2) is 4.09. The molecule has 1 aliphatic carbocycles. The summed E-state index contributed by atoms with van der Waals surface area (Å²) in [5.41, 5.74) is 0. The van der Waals surface area contributed by atoms with Gasteiger partial charge in [-0.1, -0.05) is 6.08 Å². The maximum atomic E-state index is 9.91. The third-order valence-corrected chi connectivity index (χ3v) is 2.31. The molecule has 0 amide bonds. The summed E-state index contributed by atoms with van der Waals surface area (Å²) in [6, 6.07) is 0.240. The molecular weight excluding hydrogens is 138 g/mol. The molecule has 0 spiro atoms. The van der Waals surface area contributed by atoms with Gasteiger partial charge in [0.15, 0.2) is 0 Å². The lowest BCUT2D eigenvalue weighted by Gasteiger charge is -2.22. The SMILES string of the molecule is C=CC1CCC(N=C=O)CC1. The second-order valence-corrected chi connectivity index (χ2v) is 3.02. The number of rotatable bonds is 2. The summed E-state index contributed by atoms with van der Waals surface area (Å²) >= 11 is 0. The Labute approximate surface area is 67.0 Å². The molecule has 2 heteroatoms. The van der Waals surface area contributed by atoms with Crippen molar-refractivity contribution in [3.05, 3.63) is 12.7 Å². The minimum atomic E-state index is 0.240. The summed E-state index contributed by atoms with van der Waals surface area (Å²) in [6.07, 6.45) is 7.91. The van der Waals surface area contributed by atoms with Gasteiger partial charge < -0.3 is 0 Å². The van der Waals surface area contributed by atoms with Crippen LogP contribution < -0.4 is 0 Å². The van der Waals surface area contributed by atoms with Crippen molar-refractivity contribution >= 4 is 6.08 Å².